The smallest absolute Gasteiger partial charge is 0.0125 e. The van der Waals surface area contributed by atoms with Gasteiger partial charge in [-0.1, -0.05) is 0 Å². The lowest BCUT2D eigenvalue weighted by molar-refractivity contribution is 0.277. The molecule has 0 aromatic carbocycles. The Bertz CT molecular complexity index is 120. The van der Waals surface area contributed by atoms with Gasteiger partial charge in [0.15, 0.2) is 0 Å². The van der Waals surface area contributed by atoms with Crippen molar-refractivity contribution < 1.29 is 0 Å². The van der Waals surface area contributed by atoms with Gasteiger partial charge in [-0.25, -0.2) is 0 Å². The van der Waals surface area contributed by atoms with E-state index in [-0.39, 0.29) is 5.54 Å². The zero-order chi connectivity index (χ0) is 9.03. The topological polar surface area (TPSA) is 29.3 Å². The van der Waals surface area contributed by atoms with Crippen LogP contribution < -0.4 is 5.73 Å². The van der Waals surface area contributed by atoms with Crippen LogP contribution in [0, 0.1) is 0 Å². The van der Waals surface area contributed by atoms with E-state index in [9.17, 15) is 0 Å². The largest absolute Gasteiger partial charge is 0.325 e. The summed E-state index contributed by atoms with van der Waals surface area (Å²) in [5.41, 5.74) is 5.84. The van der Waals surface area contributed by atoms with Crippen LogP contribution in [0.1, 0.15) is 39.0 Å². The van der Waals surface area contributed by atoms with Gasteiger partial charge in [0, 0.05) is 5.54 Å². The minimum absolute atomic E-state index is 0.222. The molecule has 2 rings (SSSR count). The van der Waals surface area contributed by atoms with Crippen molar-refractivity contribution >= 4 is 0 Å². The Balaban J connectivity index is 0.000000120. The molecule has 2 heteroatoms. The van der Waals surface area contributed by atoms with E-state index >= 15 is 0 Å². The predicted octanol–water partition coefficient (Wildman–Crippen LogP) is 1.60. The molecule has 72 valence electrons. The van der Waals surface area contributed by atoms with Gasteiger partial charge >= 0.3 is 0 Å². The van der Waals surface area contributed by atoms with E-state index in [0.29, 0.717) is 0 Å². The fourth-order valence-corrected chi connectivity index (χ4v) is 1.61. The fourth-order valence-electron chi connectivity index (χ4n) is 1.61. The van der Waals surface area contributed by atoms with Crippen LogP contribution >= 0.6 is 0 Å². The first kappa shape index (κ1) is 10.0. The third-order valence-corrected chi connectivity index (χ3v) is 2.83. The zero-order valence-electron chi connectivity index (χ0n) is 8.47. The quantitative estimate of drug-likeness (QED) is 0.598. The molecular weight excluding hydrogens is 148 g/mol. The third-order valence-electron chi connectivity index (χ3n) is 2.83. The molecule has 1 aliphatic carbocycles. The summed E-state index contributed by atoms with van der Waals surface area (Å²) in [7, 11) is 2.17. The molecule has 2 nitrogen and oxygen atoms in total. The van der Waals surface area contributed by atoms with E-state index < -0.39 is 0 Å². The molecule has 1 heterocycles. The molecule has 1 saturated heterocycles. The first-order chi connectivity index (χ1) is 5.60. The standard InChI is InChI=1S/2C5H11N/c1-6-4-2-3-5-6;1-5(6)3-2-4-5/h2-5H2,1H3;2-4,6H2,1H3. The van der Waals surface area contributed by atoms with Crippen molar-refractivity contribution in [3.63, 3.8) is 0 Å². The Hall–Kier alpha value is -0.0800. The summed E-state index contributed by atoms with van der Waals surface area (Å²) in [5, 5.41) is 0. The van der Waals surface area contributed by atoms with Crippen LogP contribution in [0.15, 0.2) is 0 Å². The third kappa shape index (κ3) is 3.55. The lowest BCUT2D eigenvalue weighted by Gasteiger charge is -2.33. The van der Waals surface area contributed by atoms with Crippen molar-refractivity contribution in [3.8, 4) is 0 Å². The molecule has 0 radical (unpaired) electrons. The molecule has 1 aliphatic heterocycles. The van der Waals surface area contributed by atoms with Crippen molar-refractivity contribution in [2.24, 2.45) is 5.73 Å². The second-order valence-electron chi connectivity index (χ2n) is 4.52. The van der Waals surface area contributed by atoms with Crippen LogP contribution in [0.2, 0.25) is 0 Å². The number of rotatable bonds is 0. The zero-order valence-corrected chi connectivity index (χ0v) is 8.47. The van der Waals surface area contributed by atoms with Gasteiger partial charge in [-0.15, -0.1) is 0 Å². The van der Waals surface area contributed by atoms with Gasteiger partial charge in [0.05, 0.1) is 0 Å². The molecule has 0 bridgehead atoms. The number of likely N-dealkylation sites (tertiary alicyclic amines) is 1. The molecule has 0 aromatic heterocycles. The Morgan fingerprint density at radius 2 is 1.50 bits per heavy atom. The highest BCUT2D eigenvalue weighted by Crippen LogP contribution is 2.27. The number of hydrogen-bond donors (Lipinski definition) is 1. The van der Waals surface area contributed by atoms with Crippen molar-refractivity contribution in [2.75, 3.05) is 20.1 Å². The number of nitrogens with zero attached hydrogens (tertiary/aromatic N) is 1. The molecule has 0 amide bonds. The maximum atomic E-state index is 5.62. The Kier molecular flexibility index (Phi) is 3.53. The second-order valence-corrected chi connectivity index (χ2v) is 4.52. The fraction of sp³-hybridized carbons (Fsp3) is 1.00. The molecule has 2 fully saturated rings. The number of nitrogens with two attached hydrogens (primary N) is 1. The Morgan fingerprint density at radius 1 is 1.08 bits per heavy atom. The van der Waals surface area contributed by atoms with Gasteiger partial charge in [-0.3, -0.25) is 0 Å². The van der Waals surface area contributed by atoms with Crippen LogP contribution in [-0.2, 0) is 0 Å². The van der Waals surface area contributed by atoms with E-state index in [1.165, 1.54) is 45.2 Å². The number of hydrogen-bond acceptors (Lipinski definition) is 2. The normalized spacial score (nSPS) is 27.2. The Labute approximate surface area is 76.1 Å². The molecule has 0 unspecified atom stereocenters. The van der Waals surface area contributed by atoms with E-state index in [0.717, 1.165) is 0 Å². The van der Waals surface area contributed by atoms with Crippen LogP contribution in [0.3, 0.4) is 0 Å². The highest BCUT2D eigenvalue weighted by molar-refractivity contribution is 4.86. The monoisotopic (exact) mass is 170 g/mol. The lowest BCUT2D eigenvalue weighted by atomic mass is 9.80. The van der Waals surface area contributed by atoms with Gasteiger partial charge in [0.1, 0.15) is 0 Å². The van der Waals surface area contributed by atoms with E-state index in [2.05, 4.69) is 18.9 Å². The Morgan fingerprint density at radius 3 is 1.58 bits per heavy atom. The summed E-state index contributed by atoms with van der Waals surface area (Å²) in [5.74, 6) is 0. The van der Waals surface area contributed by atoms with Gasteiger partial charge in [-0.05, 0) is 59.2 Å². The van der Waals surface area contributed by atoms with Gasteiger partial charge in [0.2, 0.25) is 0 Å². The highest BCUT2D eigenvalue weighted by Gasteiger charge is 2.25. The second kappa shape index (κ2) is 4.24. The average Bonchev–Trinajstić information content (AvgIpc) is 2.38. The summed E-state index contributed by atoms with van der Waals surface area (Å²) in [4.78, 5) is 2.36. The lowest BCUT2D eigenvalue weighted by Crippen LogP contribution is -2.42. The SMILES string of the molecule is CC1(N)CCC1.CN1CCCC1. The van der Waals surface area contributed by atoms with Crippen LogP contribution in [-0.4, -0.2) is 30.6 Å². The highest BCUT2D eigenvalue weighted by atomic mass is 15.1. The molecule has 2 aliphatic rings. The predicted molar refractivity (Wildman–Crippen MR) is 53.2 cm³/mol. The summed E-state index contributed by atoms with van der Waals surface area (Å²) >= 11 is 0. The van der Waals surface area contributed by atoms with Gasteiger partial charge in [-0.2, -0.15) is 0 Å². The minimum Gasteiger partial charge on any atom is -0.325 e. The molecular formula is C10H22N2. The summed E-state index contributed by atoms with van der Waals surface area (Å²) in [6.07, 6.45) is 6.62. The van der Waals surface area contributed by atoms with Crippen molar-refractivity contribution in [2.45, 2.75) is 44.6 Å². The molecule has 0 atom stereocenters. The molecule has 12 heavy (non-hydrogen) atoms. The first-order valence-electron chi connectivity index (χ1n) is 5.08. The van der Waals surface area contributed by atoms with Crippen LogP contribution in [0.4, 0.5) is 0 Å². The summed E-state index contributed by atoms with van der Waals surface area (Å²) in [6, 6.07) is 0. The maximum absolute atomic E-state index is 5.62. The summed E-state index contributed by atoms with van der Waals surface area (Å²) in [6.45, 7) is 4.75. The molecule has 0 aromatic rings. The first-order valence-corrected chi connectivity index (χ1v) is 5.08. The summed E-state index contributed by atoms with van der Waals surface area (Å²) < 4.78 is 0. The molecule has 0 spiro atoms. The van der Waals surface area contributed by atoms with Crippen LogP contribution in [0.5, 0.6) is 0 Å². The van der Waals surface area contributed by atoms with E-state index in [4.69, 9.17) is 5.73 Å². The van der Waals surface area contributed by atoms with Gasteiger partial charge in [0.25, 0.3) is 0 Å². The van der Waals surface area contributed by atoms with Crippen LogP contribution in [0.25, 0.3) is 0 Å². The average molecular weight is 170 g/mol. The van der Waals surface area contributed by atoms with Crippen molar-refractivity contribution in [1.82, 2.24) is 4.90 Å². The van der Waals surface area contributed by atoms with Crippen molar-refractivity contribution in [1.29, 1.82) is 0 Å². The van der Waals surface area contributed by atoms with E-state index in [1.807, 2.05) is 0 Å². The molecule has 1 saturated carbocycles. The van der Waals surface area contributed by atoms with E-state index in [1.54, 1.807) is 0 Å². The maximum Gasteiger partial charge on any atom is 0.0125 e. The van der Waals surface area contributed by atoms with Crippen molar-refractivity contribution in [3.05, 3.63) is 0 Å². The molecule has 2 N–H and O–H groups in total. The minimum atomic E-state index is 0.222. The van der Waals surface area contributed by atoms with Gasteiger partial charge < -0.3 is 10.6 Å².